The monoisotopic (exact) mass is 316 g/mol. The zero-order chi connectivity index (χ0) is 16.2. The summed E-state index contributed by atoms with van der Waals surface area (Å²) in [4.78, 5) is 5.40. The molecular weight excluding hydrogens is 284 g/mol. The minimum atomic E-state index is 0.656. The Balaban J connectivity index is 1.76. The van der Waals surface area contributed by atoms with E-state index in [-0.39, 0.29) is 0 Å². The van der Waals surface area contributed by atoms with E-state index in [1.807, 2.05) is 0 Å². The Bertz CT molecular complexity index is 496. The lowest BCUT2D eigenvalue weighted by molar-refractivity contribution is 0.138. The van der Waals surface area contributed by atoms with Crippen LogP contribution in [0.5, 0.6) is 5.75 Å². The normalized spacial score (nSPS) is 21.2. The Kier molecular flexibility index (Phi) is 5.47. The lowest BCUT2D eigenvalue weighted by Crippen LogP contribution is -2.57. The predicted octanol–water partition coefficient (Wildman–Crippen LogP) is 4.10. The van der Waals surface area contributed by atoms with Crippen molar-refractivity contribution in [3.8, 4) is 5.75 Å². The number of anilines is 1. The van der Waals surface area contributed by atoms with Gasteiger partial charge in [0, 0.05) is 31.7 Å². The predicted molar refractivity (Wildman–Crippen MR) is 97.6 cm³/mol. The van der Waals surface area contributed by atoms with Crippen LogP contribution in [0.25, 0.3) is 0 Å². The largest absolute Gasteiger partial charge is 0.495 e. The highest BCUT2D eigenvalue weighted by Crippen LogP contribution is 2.40. The molecule has 2 aliphatic heterocycles. The molecular formula is C20H32N2O. The van der Waals surface area contributed by atoms with Gasteiger partial charge in [-0.25, -0.2) is 0 Å². The van der Waals surface area contributed by atoms with Gasteiger partial charge in [0.2, 0.25) is 0 Å². The Morgan fingerprint density at radius 3 is 2.65 bits per heavy atom. The molecule has 0 saturated carbocycles. The number of rotatable bonds is 6. The Morgan fingerprint density at radius 1 is 1.17 bits per heavy atom. The van der Waals surface area contributed by atoms with Gasteiger partial charge in [0.15, 0.2) is 0 Å². The van der Waals surface area contributed by atoms with E-state index in [4.69, 9.17) is 4.74 Å². The van der Waals surface area contributed by atoms with Crippen LogP contribution in [0.3, 0.4) is 0 Å². The molecule has 2 heterocycles. The van der Waals surface area contributed by atoms with Gasteiger partial charge in [-0.2, -0.15) is 0 Å². The fourth-order valence-corrected chi connectivity index (χ4v) is 4.51. The first-order chi connectivity index (χ1) is 11.3. The van der Waals surface area contributed by atoms with Gasteiger partial charge in [-0.1, -0.05) is 38.8 Å². The van der Waals surface area contributed by atoms with Crippen molar-refractivity contribution < 1.29 is 4.74 Å². The third-order valence-corrected chi connectivity index (χ3v) is 5.61. The number of fused-ring (bicyclic) bond motifs is 3. The molecule has 3 nitrogen and oxygen atoms in total. The van der Waals surface area contributed by atoms with Crippen molar-refractivity contribution in [2.75, 3.05) is 31.6 Å². The third-order valence-electron chi connectivity index (χ3n) is 5.61. The van der Waals surface area contributed by atoms with Gasteiger partial charge in [0.1, 0.15) is 5.75 Å². The first-order valence-corrected chi connectivity index (χ1v) is 9.45. The number of hydrogen-bond acceptors (Lipinski definition) is 3. The van der Waals surface area contributed by atoms with Crippen LogP contribution >= 0.6 is 0 Å². The van der Waals surface area contributed by atoms with Crippen LogP contribution in [0.15, 0.2) is 18.2 Å². The van der Waals surface area contributed by atoms with E-state index in [0.717, 1.165) is 18.3 Å². The first-order valence-electron chi connectivity index (χ1n) is 9.45. The molecule has 3 heteroatoms. The van der Waals surface area contributed by atoms with E-state index >= 15 is 0 Å². The van der Waals surface area contributed by atoms with E-state index in [2.05, 4.69) is 41.8 Å². The van der Waals surface area contributed by atoms with Crippen LogP contribution in [0.4, 0.5) is 5.69 Å². The highest BCUT2D eigenvalue weighted by molar-refractivity contribution is 5.66. The summed E-state index contributed by atoms with van der Waals surface area (Å²) < 4.78 is 5.66. The molecule has 0 aromatic heterocycles. The second-order valence-corrected chi connectivity index (χ2v) is 7.08. The Labute approximate surface area is 141 Å². The molecule has 0 radical (unpaired) electrons. The first kappa shape index (κ1) is 16.6. The third kappa shape index (κ3) is 3.35. The smallest absolute Gasteiger partial charge is 0.142 e. The molecule has 2 aliphatic rings. The van der Waals surface area contributed by atoms with E-state index in [1.54, 1.807) is 7.11 Å². The maximum atomic E-state index is 5.66. The molecule has 0 bridgehead atoms. The van der Waals surface area contributed by atoms with Gasteiger partial charge >= 0.3 is 0 Å². The Morgan fingerprint density at radius 2 is 1.96 bits per heavy atom. The van der Waals surface area contributed by atoms with Gasteiger partial charge in [0.25, 0.3) is 0 Å². The van der Waals surface area contributed by atoms with Crippen LogP contribution in [0.2, 0.25) is 0 Å². The summed E-state index contributed by atoms with van der Waals surface area (Å²) in [7, 11) is 1.80. The van der Waals surface area contributed by atoms with Crippen LogP contribution < -0.4 is 9.64 Å². The zero-order valence-corrected chi connectivity index (χ0v) is 15.1. The van der Waals surface area contributed by atoms with Gasteiger partial charge in [0.05, 0.1) is 12.8 Å². The fraction of sp³-hybridized carbons (Fsp3) is 0.700. The molecule has 1 aromatic carbocycles. The summed E-state index contributed by atoms with van der Waals surface area (Å²) in [6.07, 6.45) is 7.76. The molecule has 1 atom stereocenters. The second kappa shape index (κ2) is 7.57. The molecule has 128 valence electrons. The highest BCUT2D eigenvalue weighted by Gasteiger charge is 2.35. The summed E-state index contributed by atoms with van der Waals surface area (Å²) in [5, 5.41) is 0. The average Bonchev–Trinajstić information content (AvgIpc) is 2.60. The van der Waals surface area contributed by atoms with Crippen LogP contribution in [-0.4, -0.2) is 43.7 Å². The molecule has 3 rings (SSSR count). The van der Waals surface area contributed by atoms with E-state index in [9.17, 15) is 0 Å². The molecule has 0 aliphatic carbocycles. The Hall–Kier alpha value is -1.22. The van der Waals surface area contributed by atoms with Gasteiger partial charge in [-0.05, 0) is 37.3 Å². The van der Waals surface area contributed by atoms with Crippen LogP contribution in [-0.2, 0) is 6.42 Å². The summed E-state index contributed by atoms with van der Waals surface area (Å²) in [5.41, 5.74) is 2.83. The molecule has 1 aromatic rings. The van der Waals surface area contributed by atoms with Gasteiger partial charge < -0.3 is 9.64 Å². The van der Waals surface area contributed by atoms with Crippen molar-refractivity contribution in [1.29, 1.82) is 0 Å². The highest BCUT2D eigenvalue weighted by atomic mass is 16.5. The van der Waals surface area contributed by atoms with Crippen molar-refractivity contribution >= 4 is 5.69 Å². The van der Waals surface area contributed by atoms with Gasteiger partial charge in [-0.3, -0.25) is 4.90 Å². The van der Waals surface area contributed by atoms with Crippen molar-refractivity contribution in [2.24, 2.45) is 0 Å². The molecule has 1 unspecified atom stereocenters. The minimum Gasteiger partial charge on any atom is -0.495 e. The maximum Gasteiger partial charge on any atom is 0.142 e. The van der Waals surface area contributed by atoms with E-state index < -0.39 is 0 Å². The molecule has 23 heavy (non-hydrogen) atoms. The van der Waals surface area contributed by atoms with Crippen molar-refractivity contribution in [3.05, 3.63) is 23.8 Å². The number of methoxy groups -OCH3 is 1. The molecule has 0 amide bonds. The van der Waals surface area contributed by atoms with Gasteiger partial charge in [-0.15, -0.1) is 0 Å². The molecule has 1 saturated heterocycles. The van der Waals surface area contributed by atoms with Crippen molar-refractivity contribution in [2.45, 2.75) is 64.5 Å². The zero-order valence-electron chi connectivity index (χ0n) is 15.1. The second-order valence-electron chi connectivity index (χ2n) is 7.08. The number of piperazine rings is 1. The lowest BCUT2D eigenvalue weighted by atomic mass is 9.92. The topological polar surface area (TPSA) is 15.7 Å². The summed E-state index contributed by atoms with van der Waals surface area (Å²) in [5.74, 6) is 1.05. The number of benzene rings is 1. The number of ether oxygens (including phenoxy) is 1. The van der Waals surface area contributed by atoms with E-state index in [0.29, 0.717) is 6.04 Å². The quantitative estimate of drug-likeness (QED) is 0.786. The lowest BCUT2D eigenvalue weighted by Gasteiger charge is -2.48. The number of aryl methyl sites for hydroxylation is 1. The van der Waals surface area contributed by atoms with Crippen LogP contribution in [0.1, 0.15) is 51.5 Å². The summed E-state index contributed by atoms with van der Waals surface area (Å²) >= 11 is 0. The maximum absolute atomic E-state index is 5.66. The summed E-state index contributed by atoms with van der Waals surface area (Å²) in [6, 6.07) is 7.96. The molecule has 0 N–H and O–H groups in total. The fourth-order valence-electron chi connectivity index (χ4n) is 4.51. The van der Waals surface area contributed by atoms with E-state index in [1.165, 1.54) is 62.9 Å². The standard InChI is InChI=1S/C20H32N2O/c1-4-7-17(8-5-2)21-13-14-22-18(15-21)12-11-16-9-6-10-19(23-3)20(16)22/h6,9-10,17-18H,4-5,7-8,11-15H2,1-3H3. The molecule has 1 fully saturated rings. The van der Waals surface area contributed by atoms with Crippen LogP contribution in [0, 0.1) is 0 Å². The SMILES string of the molecule is CCCC(CCC)N1CCN2c3c(cccc3OC)CCC2C1. The van der Waals surface area contributed by atoms with Crippen molar-refractivity contribution in [3.63, 3.8) is 0 Å². The molecule has 0 spiro atoms. The van der Waals surface area contributed by atoms with Crippen molar-refractivity contribution in [1.82, 2.24) is 4.90 Å². The average molecular weight is 316 g/mol. The minimum absolute atomic E-state index is 0.656. The number of nitrogens with zero attached hydrogens (tertiary/aromatic N) is 2. The number of para-hydroxylation sites is 1. The summed E-state index contributed by atoms with van der Waals surface area (Å²) in [6.45, 7) is 8.20. The number of hydrogen-bond donors (Lipinski definition) is 0.